The molecule has 13 heteroatoms. The number of nitrogens with zero attached hydrogens (tertiary/aromatic N) is 6. The van der Waals surface area contributed by atoms with Crippen molar-refractivity contribution in [3.63, 3.8) is 0 Å². The number of carbonyl (C=O) groups excluding carboxylic acids is 4. The highest BCUT2D eigenvalue weighted by Crippen LogP contribution is 2.37. The van der Waals surface area contributed by atoms with Crippen molar-refractivity contribution >= 4 is 40.7 Å². The lowest BCUT2D eigenvalue weighted by Crippen LogP contribution is -2.47. The minimum absolute atomic E-state index is 0.0225. The Kier molecular flexibility index (Phi) is 9.59. The second-order valence-corrected chi connectivity index (χ2v) is 15.1. The molecule has 4 amide bonds. The number of hydrogen-bond donors (Lipinski definition) is 2. The fourth-order valence-electron chi connectivity index (χ4n) is 8.37. The van der Waals surface area contributed by atoms with Gasteiger partial charge in [-0.05, 0) is 93.3 Å². The molecule has 6 heterocycles. The number of benzene rings is 2. The lowest BCUT2D eigenvalue weighted by molar-refractivity contribution is -0.134. The van der Waals surface area contributed by atoms with Crippen LogP contribution in [0.15, 0.2) is 61.1 Å². The first kappa shape index (κ1) is 34.8. The largest absolute Gasteiger partial charge is 0.489 e. The van der Waals surface area contributed by atoms with Crippen LogP contribution in [0.5, 0.6) is 5.75 Å². The first-order valence-electron chi connectivity index (χ1n) is 18.9. The molecule has 0 radical (unpaired) electrons. The van der Waals surface area contributed by atoms with E-state index >= 15 is 0 Å². The normalized spacial score (nSPS) is 20.3. The van der Waals surface area contributed by atoms with Crippen molar-refractivity contribution in [3.05, 3.63) is 83.3 Å². The Hall–Kier alpha value is -5.30. The van der Waals surface area contributed by atoms with Crippen LogP contribution in [-0.4, -0.2) is 92.9 Å². The monoisotopic (exact) mass is 718 g/mol. The van der Waals surface area contributed by atoms with E-state index < -0.39 is 0 Å². The Morgan fingerprint density at radius 3 is 2.51 bits per heavy atom. The zero-order chi connectivity index (χ0) is 36.6. The molecular weight excluding hydrogens is 672 g/mol. The van der Waals surface area contributed by atoms with Crippen LogP contribution in [0.25, 0.3) is 5.65 Å². The van der Waals surface area contributed by atoms with Crippen molar-refractivity contribution in [2.24, 2.45) is 5.92 Å². The van der Waals surface area contributed by atoms with E-state index in [-0.39, 0.29) is 41.7 Å². The predicted molar refractivity (Wildman–Crippen MR) is 199 cm³/mol. The van der Waals surface area contributed by atoms with Crippen LogP contribution in [0.2, 0.25) is 0 Å². The van der Waals surface area contributed by atoms with E-state index in [2.05, 4.69) is 42.6 Å². The summed E-state index contributed by atoms with van der Waals surface area (Å²) in [5.41, 5.74) is 5.01. The van der Waals surface area contributed by atoms with Crippen LogP contribution in [-0.2, 0) is 16.1 Å². The number of piperidine rings is 3. The standard InChI is InChI=1S/C40H46N8O5/c1-25(2)53-35-21-32-28(20-34(35)43-39(51)33-22-42-48-15-3-14-41-37(33)48)24-47(40(32)52)30-12-16-45(17-13-30)23-26-10-18-46(19-11-26)29-6-4-27(5-7-29)31-8-9-36(49)44-38(31)50/h3-7,14-15,20-22,25-26,30-31H,8-13,16-19,23-24H2,1-2H3,(H,43,51)(H,44,49,50). The van der Waals surface area contributed by atoms with E-state index in [1.807, 2.05) is 36.9 Å². The molecule has 4 aromatic rings. The smallest absolute Gasteiger partial charge is 0.261 e. The summed E-state index contributed by atoms with van der Waals surface area (Å²) in [6, 6.07) is 13.9. The van der Waals surface area contributed by atoms with Crippen LogP contribution in [0.3, 0.4) is 0 Å². The molecule has 0 saturated carbocycles. The van der Waals surface area contributed by atoms with Gasteiger partial charge in [-0.1, -0.05) is 12.1 Å². The third-order valence-electron chi connectivity index (χ3n) is 11.2. The van der Waals surface area contributed by atoms with Crippen molar-refractivity contribution in [1.82, 2.24) is 29.7 Å². The fraction of sp³-hybridized carbons (Fsp3) is 0.450. The Morgan fingerprint density at radius 2 is 1.77 bits per heavy atom. The van der Waals surface area contributed by atoms with Crippen molar-refractivity contribution in [3.8, 4) is 5.75 Å². The number of amides is 4. The van der Waals surface area contributed by atoms with Crippen LogP contribution in [0, 0.1) is 5.92 Å². The summed E-state index contributed by atoms with van der Waals surface area (Å²) in [6.45, 7) is 9.35. The lowest BCUT2D eigenvalue weighted by Gasteiger charge is -2.40. The van der Waals surface area contributed by atoms with E-state index in [1.54, 1.807) is 29.0 Å². The minimum Gasteiger partial charge on any atom is -0.489 e. The molecule has 13 nitrogen and oxygen atoms in total. The molecule has 8 rings (SSSR count). The molecule has 3 fully saturated rings. The number of carbonyl (C=O) groups is 4. The molecule has 1 atom stereocenters. The molecule has 0 spiro atoms. The molecule has 2 N–H and O–H groups in total. The van der Waals surface area contributed by atoms with Crippen molar-refractivity contribution in [2.45, 2.75) is 77.0 Å². The number of likely N-dealkylation sites (tertiary alicyclic amines) is 1. The highest BCUT2D eigenvalue weighted by Gasteiger charge is 2.36. The molecule has 4 aliphatic heterocycles. The van der Waals surface area contributed by atoms with Crippen molar-refractivity contribution < 1.29 is 23.9 Å². The van der Waals surface area contributed by atoms with Gasteiger partial charge in [0.05, 0.1) is 23.9 Å². The van der Waals surface area contributed by atoms with Crippen LogP contribution in [0.1, 0.15) is 90.1 Å². The van der Waals surface area contributed by atoms with Gasteiger partial charge in [0, 0.05) is 75.4 Å². The van der Waals surface area contributed by atoms with Crippen molar-refractivity contribution in [1.29, 1.82) is 0 Å². The van der Waals surface area contributed by atoms with Gasteiger partial charge in [0.15, 0.2) is 5.65 Å². The number of rotatable bonds is 9. The quantitative estimate of drug-likeness (QED) is 0.237. The first-order valence-corrected chi connectivity index (χ1v) is 18.9. The van der Waals surface area contributed by atoms with Gasteiger partial charge in [0.2, 0.25) is 11.8 Å². The molecule has 2 aromatic heterocycles. The zero-order valence-corrected chi connectivity index (χ0v) is 30.3. The highest BCUT2D eigenvalue weighted by molar-refractivity contribution is 6.09. The highest BCUT2D eigenvalue weighted by atomic mass is 16.5. The van der Waals surface area contributed by atoms with E-state index in [0.717, 1.165) is 69.5 Å². The topological polar surface area (TPSA) is 141 Å². The Balaban J connectivity index is 0.842. The van der Waals surface area contributed by atoms with Gasteiger partial charge in [0.1, 0.15) is 11.3 Å². The summed E-state index contributed by atoms with van der Waals surface area (Å²) in [6.07, 6.45) is 9.79. The second kappa shape index (κ2) is 14.6. The first-order chi connectivity index (χ1) is 25.7. The lowest BCUT2D eigenvalue weighted by atomic mass is 9.90. The summed E-state index contributed by atoms with van der Waals surface area (Å²) < 4.78 is 7.66. The number of hydrogen-bond acceptors (Lipinski definition) is 9. The third kappa shape index (κ3) is 7.22. The molecule has 3 saturated heterocycles. The fourth-order valence-corrected chi connectivity index (χ4v) is 8.37. The van der Waals surface area contributed by atoms with Gasteiger partial charge in [0.25, 0.3) is 11.8 Å². The van der Waals surface area contributed by atoms with Gasteiger partial charge >= 0.3 is 0 Å². The van der Waals surface area contributed by atoms with Gasteiger partial charge in [-0.15, -0.1) is 0 Å². The van der Waals surface area contributed by atoms with Crippen LogP contribution >= 0.6 is 0 Å². The summed E-state index contributed by atoms with van der Waals surface area (Å²) in [7, 11) is 0. The van der Waals surface area contributed by atoms with E-state index in [9.17, 15) is 19.2 Å². The predicted octanol–water partition coefficient (Wildman–Crippen LogP) is 4.63. The SMILES string of the molecule is CC(C)Oc1cc2c(cc1NC(=O)c1cnn3cccnc13)CN(C1CCN(CC3CCN(c4ccc(C5CCC(=O)NC5=O)cc4)CC3)CC1)C2=O. The number of anilines is 2. The van der Waals surface area contributed by atoms with E-state index in [4.69, 9.17) is 4.74 Å². The molecule has 53 heavy (non-hydrogen) atoms. The number of nitrogens with one attached hydrogen (secondary N) is 2. The van der Waals surface area contributed by atoms with Gasteiger partial charge in [-0.2, -0.15) is 5.10 Å². The van der Waals surface area contributed by atoms with Crippen LogP contribution in [0.4, 0.5) is 11.4 Å². The molecular formula is C40H46N8O5. The number of imide groups is 1. The average molecular weight is 719 g/mol. The molecule has 0 aliphatic carbocycles. The van der Waals surface area contributed by atoms with Gasteiger partial charge in [-0.25, -0.2) is 9.50 Å². The summed E-state index contributed by atoms with van der Waals surface area (Å²) in [5.74, 6) is 0.143. The number of aromatic nitrogens is 3. The summed E-state index contributed by atoms with van der Waals surface area (Å²) >= 11 is 0. The van der Waals surface area contributed by atoms with Crippen LogP contribution < -0.4 is 20.3 Å². The zero-order valence-electron chi connectivity index (χ0n) is 30.3. The maximum absolute atomic E-state index is 13.8. The third-order valence-corrected chi connectivity index (χ3v) is 11.2. The Labute approximate surface area is 308 Å². The number of fused-ring (bicyclic) bond motifs is 2. The molecule has 4 aliphatic rings. The second-order valence-electron chi connectivity index (χ2n) is 15.1. The molecule has 1 unspecified atom stereocenters. The Bertz CT molecular complexity index is 2030. The summed E-state index contributed by atoms with van der Waals surface area (Å²) in [5, 5.41) is 9.70. The number of ether oxygens (including phenoxy) is 1. The molecule has 2 aromatic carbocycles. The average Bonchev–Trinajstić information content (AvgIpc) is 3.73. The van der Waals surface area contributed by atoms with E-state index in [0.29, 0.717) is 53.5 Å². The minimum atomic E-state index is -0.341. The maximum atomic E-state index is 13.8. The summed E-state index contributed by atoms with van der Waals surface area (Å²) in [4.78, 5) is 62.3. The van der Waals surface area contributed by atoms with Crippen molar-refractivity contribution in [2.75, 3.05) is 42.9 Å². The molecule has 276 valence electrons. The van der Waals surface area contributed by atoms with Gasteiger partial charge in [-0.3, -0.25) is 24.5 Å². The van der Waals surface area contributed by atoms with Gasteiger partial charge < -0.3 is 24.8 Å². The van der Waals surface area contributed by atoms with E-state index in [1.165, 1.54) is 11.9 Å². The Morgan fingerprint density at radius 1 is 1.00 bits per heavy atom. The maximum Gasteiger partial charge on any atom is 0.261 e. The molecule has 0 bridgehead atoms.